The zero-order valence-corrected chi connectivity index (χ0v) is 24.8. The minimum absolute atomic E-state index is 0.0927. The van der Waals surface area contributed by atoms with Crippen LogP contribution in [0.1, 0.15) is 115 Å². The van der Waals surface area contributed by atoms with Crippen LogP contribution in [0.15, 0.2) is 30.3 Å². The molecule has 0 saturated carbocycles. The third-order valence-corrected chi connectivity index (χ3v) is 7.80. The topological polar surface area (TPSA) is 120 Å². The minimum atomic E-state index is -1.32. The Morgan fingerprint density at radius 3 is 1.85 bits per heavy atom. The van der Waals surface area contributed by atoms with Crippen LogP contribution >= 0.6 is 0 Å². The molecule has 8 heteroatoms. The lowest BCUT2D eigenvalue weighted by Gasteiger charge is -2.42. The SMILES string of the molecule is CCCCCCCCCCCCCCCCCCN[C@@H]1O[C@H](CO)[C@@H](O)[C@H](O)[C@@H]1NC(=O)OCc1ccccc1. The Morgan fingerprint density at radius 1 is 0.800 bits per heavy atom. The van der Waals surface area contributed by atoms with Crippen molar-refractivity contribution in [1.82, 2.24) is 10.6 Å². The van der Waals surface area contributed by atoms with Crippen LogP contribution in [0.4, 0.5) is 4.79 Å². The van der Waals surface area contributed by atoms with Gasteiger partial charge in [-0.25, -0.2) is 4.79 Å². The van der Waals surface area contributed by atoms with Crippen molar-refractivity contribution in [3.8, 4) is 0 Å². The molecule has 1 aliphatic heterocycles. The number of unbranched alkanes of at least 4 members (excludes halogenated alkanes) is 15. The van der Waals surface area contributed by atoms with Crippen molar-refractivity contribution < 1.29 is 29.6 Å². The van der Waals surface area contributed by atoms with Crippen LogP contribution in [0.25, 0.3) is 0 Å². The molecule has 0 bridgehead atoms. The van der Waals surface area contributed by atoms with Crippen molar-refractivity contribution in [1.29, 1.82) is 0 Å². The van der Waals surface area contributed by atoms with Gasteiger partial charge in [0, 0.05) is 0 Å². The lowest BCUT2D eigenvalue weighted by molar-refractivity contribution is -0.200. The van der Waals surface area contributed by atoms with Gasteiger partial charge in [0.1, 0.15) is 37.2 Å². The van der Waals surface area contributed by atoms with E-state index in [1.54, 1.807) is 0 Å². The number of carbonyl (C=O) groups is 1. The zero-order valence-electron chi connectivity index (χ0n) is 24.8. The highest BCUT2D eigenvalue weighted by Gasteiger charge is 2.45. The Morgan fingerprint density at radius 2 is 1.32 bits per heavy atom. The van der Waals surface area contributed by atoms with E-state index in [-0.39, 0.29) is 6.61 Å². The molecule has 0 aromatic heterocycles. The van der Waals surface area contributed by atoms with E-state index in [0.29, 0.717) is 6.54 Å². The fourth-order valence-electron chi connectivity index (χ4n) is 5.27. The summed E-state index contributed by atoms with van der Waals surface area (Å²) in [4.78, 5) is 12.4. The molecule has 1 aliphatic rings. The molecular formula is C32H56N2O6. The first-order chi connectivity index (χ1) is 19.6. The van der Waals surface area contributed by atoms with E-state index >= 15 is 0 Å². The molecule has 0 unspecified atom stereocenters. The van der Waals surface area contributed by atoms with Crippen molar-refractivity contribution in [2.75, 3.05) is 13.2 Å². The highest BCUT2D eigenvalue weighted by atomic mass is 16.6. The Bertz CT molecular complexity index is 752. The second-order valence-corrected chi connectivity index (χ2v) is 11.2. The molecule has 0 spiro atoms. The molecule has 5 N–H and O–H groups in total. The molecule has 2 rings (SSSR count). The van der Waals surface area contributed by atoms with Gasteiger partial charge < -0.3 is 30.1 Å². The van der Waals surface area contributed by atoms with Gasteiger partial charge in [0.15, 0.2) is 0 Å². The lowest BCUT2D eigenvalue weighted by Crippen LogP contribution is -2.67. The van der Waals surface area contributed by atoms with Crippen LogP contribution in [0, 0.1) is 0 Å². The molecule has 1 amide bonds. The molecule has 1 saturated heterocycles. The summed E-state index contributed by atoms with van der Waals surface area (Å²) in [5, 5.41) is 36.4. The van der Waals surface area contributed by atoms with Gasteiger partial charge in [-0.05, 0) is 18.5 Å². The average Bonchev–Trinajstić information content (AvgIpc) is 2.97. The summed E-state index contributed by atoms with van der Waals surface area (Å²) < 4.78 is 11.1. The fourth-order valence-corrected chi connectivity index (χ4v) is 5.27. The van der Waals surface area contributed by atoms with E-state index in [9.17, 15) is 20.1 Å². The van der Waals surface area contributed by atoms with Gasteiger partial charge in [-0.15, -0.1) is 0 Å². The molecule has 40 heavy (non-hydrogen) atoms. The number of nitrogens with one attached hydrogen (secondary N) is 2. The largest absolute Gasteiger partial charge is 0.445 e. The highest BCUT2D eigenvalue weighted by Crippen LogP contribution is 2.21. The predicted octanol–water partition coefficient (Wildman–Crippen LogP) is 5.57. The number of hydrogen-bond donors (Lipinski definition) is 5. The summed E-state index contributed by atoms with van der Waals surface area (Å²) in [5.41, 5.74) is 0.844. The minimum Gasteiger partial charge on any atom is -0.445 e. The number of alkyl carbamates (subject to hydrolysis) is 1. The Balaban J connectivity index is 1.56. The Labute approximate surface area is 242 Å². The smallest absolute Gasteiger partial charge is 0.407 e. The van der Waals surface area contributed by atoms with E-state index in [4.69, 9.17) is 9.47 Å². The normalized spacial score (nSPS) is 22.8. The van der Waals surface area contributed by atoms with Gasteiger partial charge in [-0.2, -0.15) is 0 Å². The quantitative estimate of drug-likeness (QED) is 0.117. The molecule has 5 atom stereocenters. The highest BCUT2D eigenvalue weighted by molar-refractivity contribution is 5.67. The maximum absolute atomic E-state index is 12.4. The van der Waals surface area contributed by atoms with Gasteiger partial charge in [-0.3, -0.25) is 5.32 Å². The van der Waals surface area contributed by atoms with Crippen LogP contribution in [0.5, 0.6) is 0 Å². The Hall–Kier alpha value is -1.71. The van der Waals surface area contributed by atoms with E-state index in [1.165, 1.54) is 89.9 Å². The third kappa shape index (κ3) is 14.3. The third-order valence-electron chi connectivity index (χ3n) is 7.80. The van der Waals surface area contributed by atoms with Crippen LogP contribution in [-0.4, -0.2) is 65.1 Å². The number of aliphatic hydroxyl groups is 3. The number of carbonyl (C=O) groups excluding carboxylic acids is 1. The van der Waals surface area contributed by atoms with Crippen LogP contribution in [-0.2, 0) is 16.1 Å². The summed E-state index contributed by atoms with van der Waals surface area (Å²) in [7, 11) is 0. The van der Waals surface area contributed by atoms with Crippen molar-refractivity contribution in [2.45, 2.75) is 147 Å². The van der Waals surface area contributed by atoms with E-state index in [1.807, 2.05) is 30.3 Å². The molecular weight excluding hydrogens is 508 g/mol. The van der Waals surface area contributed by atoms with Crippen LogP contribution < -0.4 is 10.6 Å². The van der Waals surface area contributed by atoms with E-state index in [0.717, 1.165) is 18.4 Å². The first-order valence-electron chi connectivity index (χ1n) is 15.9. The van der Waals surface area contributed by atoms with Crippen molar-refractivity contribution in [2.24, 2.45) is 0 Å². The molecule has 1 aromatic rings. The number of hydrogen-bond acceptors (Lipinski definition) is 7. The molecule has 8 nitrogen and oxygen atoms in total. The molecule has 1 heterocycles. The molecule has 0 aliphatic carbocycles. The van der Waals surface area contributed by atoms with Crippen LogP contribution in [0.2, 0.25) is 0 Å². The van der Waals surface area contributed by atoms with Gasteiger partial charge in [0.2, 0.25) is 0 Å². The average molecular weight is 565 g/mol. The number of aliphatic hydroxyl groups excluding tert-OH is 3. The first-order valence-corrected chi connectivity index (χ1v) is 15.9. The van der Waals surface area contributed by atoms with Gasteiger partial charge in [0.25, 0.3) is 0 Å². The monoisotopic (exact) mass is 564 g/mol. The van der Waals surface area contributed by atoms with Crippen LogP contribution in [0.3, 0.4) is 0 Å². The standard InChI is InChI=1S/C32H56N2O6/c1-2-3-4-5-6-7-8-9-10-11-12-13-14-15-16-20-23-33-31-28(30(37)29(36)27(24-35)40-31)34-32(38)39-25-26-21-18-17-19-22-26/h17-19,21-22,27-31,33,35-37H,2-16,20,23-25H2,1H3,(H,34,38)/t27-,28+,29-,30-,31-/m1/s1. The van der Waals surface area contributed by atoms with Crippen molar-refractivity contribution in [3.05, 3.63) is 35.9 Å². The summed E-state index contributed by atoms with van der Waals surface area (Å²) in [5.74, 6) is 0. The Kier molecular flexibility index (Phi) is 18.9. The number of ether oxygens (including phenoxy) is 2. The second kappa shape index (κ2) is 22.0. The van der Waals surface area contributed by atoms with E-state index < -0.39 is 43.3 Å². The fraction of sp³-hybridized carbons (Fsp3) is 0.781. The van der Waals surface area contributed by atoms with Crippen molar-refractivity contribution in [3.63, 3.8) is 0 Å². The lowest BCUT2D eigenvalue weighted by atomic mass is 9.96. The number of rotatable bonds is 22. The predicted molar refractivity (Wildman–Crippen MR) is 159 cm³/mol. The summed E-state index contributed by atoms with van der Waals surface area (Å²) >= 11 is 0. The summed E-state index contributed by atoms with van der Waals surface area (Å²) in [6.45, 7) is 2.57. The maximum Gasteiger partial charge on any atom is 0.407 e. The number of amides is 1. The van der Waals surface area contributed by atoms with Gasteiger partial charge in [-0.1, -0.05) is 134 Å². The maximum atomic E-state index is 12.4. The molecule has 0 radical (unpaired) electrons. The molecule has 1 aromatic carbocycles. The van der Waals surface area contributed by atoms with Crippen molar-refractivity contribution >= 4 is 6.09 Å². The molecule has 1 fully saturated rings. The molecule has 230 valence electrons. The first kappa shape index (κ1) is 34.5. The number of benzene rings is 1. The zero-order chi connectivity index (χ0) is 28.8. The summed E-state index contributed by atoms with van der Waals surface area (Å²) in [6, 6.07) is 8.39. The summed E-state index contributed by atoms with van der Waals surface area (Å²) in [6.07, 6.45) is 15.8. The second-order valence-electron chi connectivity index (χ2n) is 11.2. The van der Waals surface area contributed by atoms with Gasteiger partial charge in [0.05, 0.1) is 6.61 Å². The van der Waals surface area contributed by atoms with E-state index in [2.05, 4.69) is 17.6 Å². The van der Waals surface area contributed by atoms with Gasteiger partial charge >= 0.3 is 6.09 Å².